The molecular weight excluding hydrogens is 389 g/mol. The van der Waals surface area contributed by atoms with E-state index in [0.29, 0.717) is 22.9 Å². The lowest BCUT2D eigenvalue weighted by atomic mass is 9.92. The molecule has 0 spiro atoms. The molecule has 1 aromatic carbocycles. The standard InChI is InChI=1S/C25H32FN5/c1-16(2)14-31-15-18(5)10-24(29-31)20-11-22(26)21-13-23(27-28-25(21)12-20)19-6-8-30(9-7-19)17(3)4/h10-14,17,19H,6-9,15H2,1-5H3. The van der Waals surface area contributed by atoms with Gasteiger partial charge in [-0.1, -0.05) is 5.57 Å². The van der Waals surface area contributed by atoms with Crippen LogP contribution in [0.2, 0.25) is 0 Å². The summed E-state index contributed by atoms with van der Waals surface area (Å²) in [7, 11) is 0. The van der Waals surface area contributed by atoms with Crippen LogP contribution in [0.1, 0.15) is 64.6 Å². The first-order valence-corrected chi connectivity index (χ1v) is 11.2. The summed E-state index contributed by atoms with van der Waals surface area (Å²) in [6.07, 6.45) is 6.10. The van der Waals surface area contributed by atoms with E-state index in [1.54, 1.807) is 6.07 Å². The van der Waals surface area contributed by atoms with Gasteiger partial charge in [0, 0.05) is 29.1 Å². The number of hydrazone groups is 1. The van der Waals surface area contributed by atoms with Crippen molar-refractivity contribution in [2.24, 2.45) is 5.10 Å². The van der Waals surface area contributed by atoms with Gasteiger partial charge < -0.3 is 4.90 Å². The molecule has 1 fully saturated rings. The third-order valence-electron chi connectivity index (χ3n) is 6.08. The Morgan fingerprint density at radius 1 is 1.13 bits per heavy atom. The Kier molecular flexibility index (Phi) is 6.19. The lowest BCUT2D eigenvalue weighted by Crippen LogP contribution is -2.38. The van der Waals surface area contributed by atoms with Crippen molar-refractivity contribution in [2.75, 3.05) is 19.6 Å². The van der Waals surface area contributed by atoms with Crippen LogP contribution in [-0.2, 0) is 0 Å². The van der Waals surface area contributed by atoms with Crippen molar-refractivity contribution in [3.8, 4) is 0 Å². The largest absolute Gasteiger partial charge is 0.301 e. The van der Waals surface area contributed by atoms with E-state index < -0.39 is 0 Å². The highest BCUT2D eigenvalue weighted by molar-refractivity contribution is 6.10. The van der Waals surface area contributed by atoms with E-state index in [1.165, 1.54) is 11.1 Å². The maximum atomic E-state index is 15.1. The second-order valence-electron chi connectivity index (χ2n) is 9.34. The molecule has 3 heterocycles. The van der Waals surface area contributed by atoms with Gasteiger partial charge in [0.15, 0.2) is 0 Å². The van der Waals surface area contributed by atoms with Gasteiger partial charge in [-0.2, -0.15) is 15.3 Å². The second-order valence-corrected chi connectivity index (χ2v) is 9.34. The lowest BCUT2D eigenvalue weighted by molar-refractivity contribution is 0.170. The smallest absolute Gasteiger partial charge is 0.133 e. The van der Waals surface area contributed by atoms with Crippen LogP contribution in [0, 0.1) is 5.82 Å². The Hall–Kier alpha value is -2.60. The predicted molar refractivity (Wildman–Crippen MR) is 125 cm³/mol. The fourth-order valence-electron chi connectivity index (χ4n) is 4.43. The average Bonchev–Trinajstić information content (AvgIpc) is 2.72. The molecule has 2 aliphatic heterocycles. The van der Waals surface area contributed by atoms with Crippen molar-refractivity contribution in [3.05, 3.63) is 58.7 Å². The van der Waals surface area contributed by atoms with E-state index in [-0.39, 0.29) is 5.82 Å². The van der Waals surface area contributed by atoms with Gasteiger partial charge >= 0.3 is 0 Å². The van der Waals surface area contributed by atoms with Crippen molar-refractivity contribution in [3.63, 3.8) is 0 Å². The number of benzene rings is 1. The molecule has 0 unspecified atom stereocenters. The first-order valence-electron chi connectivity index (χ1n) is 11.2. The molecule has 2 aromatic rings. The van der Waals surface area contributed by atoms with Gasteiger partial charge in [0.2, 0.25) is 0 Å². The van der Waals surface area contributed by atoms with Crippen LogP contribution < -0.4 is 0 Å². The number of nitrogens with zero attached hydrogens (tertiary/aromatic N) is 5. The minimum atomic E-state index is -0.267. The highest BCUT2D eigenvalue weighted by Crippen LogP contribution is 2.30. The highest BCUT2D eigenvalue weighted by atomic mass is 19.1. The fourth-order valence-corrected chi connectivity index (χ4v) is 4.43. The minimum Gasteiger partial charge on any atom is -0.301 e. The Morgan fingerprint density at radius 2 is 1.87 bits per heavy atom. The SMILES string of the molecule is CC(C)=CN1CC(C)=CC(c2cc(F)c3cc(C4CCN(C(C)C)CC4)nnc3c2)=N1. The first kappa shape index (κ1) is 21.6. The van der Waals surface area contributed by atoms with Crippen LogP contribution in [0.5, 0.6) is 0 Å². The van der Waals surface area contributed by atoms with Gasteiger partial charge in [-0.05, 0) is 90.4 Å². The van der Waals surface area contributed by atoms with Crippen molar-refractivity contribution in [1.82, 2.24) is 20.1 Å². The number of piperidine rings is 1. The van der Waals surface area contributed by atoms with Crippen LogP contribution in [0.15, 0.2) is 46.7 Å². The van der Waals surface area contributed by atoms with Gasteiger partial charge in [0.05, 0.1) is 23.5 Å². The number of hydrogen-bond acceptors (Lipinski definition) is 5. The quantitative estimate of drug-likeness (QED) is 0.677. The second kappa shape index (κ2) is 8.87. The van der Waals surface area contributed by atoms with E-state index in [4.69, 9.17) is 0 Å². The van der Waals surface area contributed by atoms with E-state index in [9.17, 15) is 0 Å². The number of fused-ring (bicyclic) bond motifs is 1. The van der Waals surface area contributed by atoms with Crippen LogP contribution in [0.25, 0.3) is 10.9 Å². The molecule has 0 N–H and O–H groups in total. The fraction of sp³-hybridized carbons (Fsp3) is 0.480. The summed E-state index contributed by atoms with van der Waals surface area (Å²) in [4.78, 5) is 2.48. The Morgan fingerprint density at radius 3 is 2.55 bits per heavy atom. The molecule has 4 rings (SSSR count). The molecule has 0 aliphatic carbocycles. The van der Waals surface area contributed by atoms with E-state index in [0.717, 1.165) is 49.4 Å². The average molecular weight is 422 g/mol. The molecule has 5 nitrogen and oxygen atoms in total. The Bertz CT molecular complexity index is 1060. The minimum absolute atomic E-state index is 0.267. The number of likely N-dealkylation sites (tertiary alicyclic amines) is 1. The van der Waals surface area contributed by atoms with E-state index in [1.807, 2.05) is 43.3 Å². The number of halogens is 1. The van der Waals surface area contributed by atoms with Crippen LogP contribution in [0.4, 0.5) is 4.39 Å². The Labute approximate surface area is 184 Å². The van der Waals surface area contributed by atoms with Gasteiger partial charge in [0.25, 0.3) is 0 Å². The number of aromatic nitrogens is 2. The molecule has 2 aliphatic rings. The summed E-state index contributed by atoms with van der Waals surface area (Å²) in [5.41, 5.74) is 5.30. The topological polar surface area (TPSA) is 44.6 Å². The zero-order chi connectivity index (χ0) is 22.1. The summed E-state index contributed by atoms with van der Waals surface area (Å²) in [6.45, 7) is 13.5. The van der Waals surface area contributed by atoms with Gasteiger partial charge in [0.1, 0.15) is 5.82 Å². The number of hydrogen-bond donors (Lipinski definition) is 0. The van der Waals surface area contributed by atoms with Crippen LogP contribution in [0.3, 0.4) is 0 Å². The summed E-state index contributed by atoms with van der Waals surface area (Å²) < 4.78 is 15.1. The van der Waals surface area contributed by atoms with E-state index >= 15 is 4.39 Å². The van der Waals surface area contributed by atoms with Gasteiger partial charge in [-0.3, -0.25) is 5.01 Å². The zero-order valence-electron chi connectivity index (χ0n) is 19.2. The third kappa shape index (κ3) is 4.85. The molecule has 6 heteroatoms. The molecule has 0 amide bonds. The van der Waals surface area contributed by atoms with Crippen molar-refractivity contribution in [2.45, 2.75) is 59.4 Å². The molecule has 0 radical (unpaired) electrons. The monoisotopic (exact) mass is 421 g/mol. The molecule has 0 atom stereocenters. The van der Waals surface area contributed by atoms with Crippen LogP contribution in [-0.4, -0.2) is 51.5 Å². The zero-order valence-corrected chi connectivity index (χ0v) is 19.2. The van der Waals surface area contributed by atoms with Gasteiger partial charge in [-0.25, -0.2) is 4.39 Å². The summed E-state index contributed by atoms with van der Waals surface area (Å²) in [5, 5.41) is 16.0. The molecular formula is C25H32FN5. The molecule has 1 saturated heterocycles. The maximum Gasteiger partial charge on any atom is 0.133 e. The van der Waals surface area contributed by atoms with Crippen molar-refractivity contribution in [1.29, 1.82) is 0 Å². The Balaban J connectivity index is 1.62. The normalized spacial score (nSPS) is 18.4. The first-order chi connectivity index (χ1) is 14.8. The molecule has 1 aromatic heterocycles. The molecule has 31 heavy (non-hydrogen) atoms. The lowest BCUT2D eigenvalue weighted by Gasteiger charge is -2.34. The molecule has 164 valence electrons. The number of rotatable bonds is 4. The maximum absolute atomic E-state index is 15.1. The van der Waals surface area contributed by atoms with Gasteiger partial charge in [-0.15, -0.1) is 0 Å². The van der Waals surface area contributed by atoms with E-state index in [2.05, 4.69) is 41.0 Å². The summed E-state index contributed by atoms with van der Waals surface area (Å²) >= 11 is 0. The highest BCUT2D eigenvalue weighted by Gasteiger charge is 2.24. The summed E-state index contributed by atoms with van der Waals surface area (Å²) in [5.74, 6) is 0.0771. The number of allylic oxidation sites excluding steroid dienone is 2. The van der Waals surface area contributed by atoms with Crippen LogP contribution >= 0.6 is 0 Å². The predicted octanol–water partition coefficient (Wildman–Crippen LogP) is 5.25. The molecule has 0 saturated carbocycles. The third-order valence-corrected chi connectivity index (χ3v) is 6.08. The van der Waals surface area contributed by atoms with Crippen molar-refractivity contribution < 1.29 is 4.39 Å². The van der Waals surface area contributed by atoms with Crippen molar-refractivity contribution >= 4 is 16.6 Å². The summed E-state index contributed by atoms with van der Waals surface area (Å²) in [6, 6.07) is 5.93. The molecule has 0 bridgehead atoms.